The number of rotatable bonds is 2. The van der Waals surface area contributed by atoms with Crippen LogP contribution in [-0.2, 0) is 0 Å². The quantitative estimate of drug-likeness (QED) is 0.615. The molecule has 0 aliphatic carbocycles. The third-order valence-corrected chi connectivity index (χ3v) is 6.24. The number of aryl methyl sites for hydroxylation is 1. The van der Waals surface area contributed by atoms with Crippen molar-refractivity contribution in [2.75, 3.05) is 31.5 Å². The van der Waals surface area contributed by atoms with Crippen LogP contribution in [0.25, 0.3) is 0 Å². The van der Waals surface area contributed by atoms with Gasteiger partial charge in [-0.1, -0.05) is 29.8 Å². The van der Waals surface area contributed by atoms with Gasteiger partial charge in [0.2, 0.25) is 0 Å². The van der Waals surface area contributed by atoms with Gasteiger partial charge in [0, 0.05) is 40.5 Å². The minimum absolute atomic E-state index is 0.0280. The minimum atomic E-state index is -0.170. The molecule has 142 valence electrons. The van der Waals surface area contributed by atoms with Crippen molar-refractivity contribution in [2.24, 2.45) is 0 Å². The van der Waals surface area contributed by atoms with E-state index < -0.39 is 0 Å². The molecule has 5 nitrogen and oxygen atoms in total. The molecule has 0 unspecified atom stereocenters. The highest BCUT2D eigenvalue weighted by molar-refractivity contribution is 14.1. The van der Waals surface area contributed by atoms with E-state index in [0.717, 1.165) is 21.1 Å². The number of hydrogen-bond acceptors (Lipinski definition) is 2. The third-order valence-electron chi connectivity index (χ3n) is 4.57. The predicted molar refractivity (Wildman–Crippen MR) is 116 cm³/mol. The van der Waals surface area contributed by atoms with Gasteiger partial charge >= 0.3 is 6.03 Å². The van der Waals surface area contributed by atoms with E-state index in [9.17, 15) is 9.59 Å². The van der Waals surface area contributed by atoms with Gasteiger partial charge in [-0.15, -0.1) is 0 Å². The molecule has 7 heteroatoms. The zero-order valence-corrected chi connectivity index (χ0v) is 18.0. The molecule has 0 radical (unpaired) electrons. The first-order valence-corrected chi connectivity index (χ1v) is 10.3. The Morgan fingerprint density at radius 3 is 2.52 bits per heavy atom. The number of carbonyl (C=O) groups is 2. The maximum atomic E-state index is 12.9. The molecule has 2 aromatic rings. The molecular weight excluding hydrogens is 477 g/mol. The van der Waals surface area contributed by atoms with Crippen molar-refractivity contribution >= 4 is 51.8 Å². The van der Waals surface area contributed by atoms with Crippen molar-refractivity contribution in [2.45, 2.75) is 13.3 Å². The molecule has 1 heterocycles. The van der Waals surface area contributed by atoms with Crippen LogP contribution in [0.1, 0.15) is 22.3 Å². The van der Waals surface area contributed by atoms with Crippen LogP contribution >= 0.6 is 34.2 Å². The van der Waals surface area contributed by atoms with E-state index in [2.05, 4.69) is 27.9 Å². The third kappa shape index (κ3) is 4.93. The van der Waals surface area contributed by atoms with E-state index in [0.29, 0.717) is 36.9 Å². The van der Waals surface area contributed by atoms with Gasteiger partial charge in [0.1, 0.15) is 0 Å². The van der Waals surface area contributed by atoms with Crippen LogP contribution in [0.4, 0.5) is 10.5 Å². The summed E-state index contributed by atoms with van der Waals surface area (Å²) in [6.07, 6.45) is 0.747. The highest BCUT2D eigenvalue weighted by Crippen LogP contribution is 2.20. The molecule has 27 heavy (non-hydrogen) atoms. The summed E-state index contributed by atoms with van der Waals surface area (Å²) in [4.78, 5) is 29.0. The minimum Gasteiger partial charge on any atom is -0.337 e. The normalized spacial score (nSPS) is 14.6. The number of carbonyl (C=O) groups excluding carboxylic acids is 2. The summed E-state index contributed by atoms with van der Waals surface area (Å²) in [6, 6.07) is 12.7. The number of amides is 3. The van der Waals surface area contributed by atoms with Gasteiger partial charge < -0.3 is 15.1 Å². The molecule has 1 aliphatic heterocycles. The fourth-order valence-electron chi connectivity index (χ4n) is 3.08. The van der Waals surface area contributed by atoms with Gasteiger partial charge in [-0.3, -0.25) is 4.79 Å². The molecule has 0 spiro atoms. The Labute approximate surface area is 177 Å². The summed E-state index contributed by atoms with van der Waals surface area (Å²) >= 11 is 8.19. The number of benzene rings is 2. The van der Waals surface area contributed by atoms with Crippen LogP contribution in [0.5, 0.6) is 0 Å². The average molecular weight is 498 g/mol. The molecule has 1 saturated heterocycles. The van der Waals surface area contributed by atoms with Gasteiger partial charge in [0.25, 0.3) is 5.91 Å². The topological polar surface area (TPSA) is 52.7 Å². The Morgan fingerprint density at radius 1 is 1.04 bits per heavy atom. The van der Waals surface area contributed by atoms with Crippen LogP contribution in [0.15, 0.2) is 42.5 Å². The van der Waals surface area contributed by atoms with Crippen LogP contribution in [0.3, 0.4) is 0 Å². The Bertz CT molecular complexity index is 859. The highest BCUT2D eigenvalue weighted by atomic mass is 127. The number of urea groups is 1. The van der Waals surface area contributed by atoms with Gasteiger partial charge in [0.05, 0.1) is 5.56 Å². The molecule has 1 aliphatic rings. The molecule has 0 aromatic heterocycles. The molecule has 3 rings (SSSR count). The summed E-state index contributed by atoms with van der Waals surface area (Å²) in [5.41, 5.74) is 2.49. The van der Waals surface area contributed by atoms with Crippen molar-refractivity contribution in [1.82, 2.24) is 9.80 Å². The molecule has 0 bridgehead atoms. The summed E-state index contributed by atoms with van der Waals surface area (Å²) in [5.74, 6) is 0.0280. The number of nitrogens with one attached hydrogen (secondary N) is 1. The molecule has 0 saturated carbocycles. The largest absolute Gasteiger partial charge is 0.337 e. The van der Waals surface area contributed by atoms with Crippen molar-refractivity contribution in [3.05, 3.63) is 62.2 Å². The lowest BCUT2D eigenvalue weighted by Crippen LogP contribution is -2.39. The van der Waals surface area contributed by atoms with E-state index in [4.69, 9.17) is 11.6 Å². The standard InChI is InChI=1S/C20H21ClIN3O2/c1-14-5-2-8-17(18(14)22)19(26)24-9-4-10-25(12-11-24)20(27)23-16-7-3-6-15(21)13-16/h2-3,5-8,13H,4,9-12H2,1H3,(H,23,27). The Morgan fingerprint density at radius 2 is 1.74 bits per heavy atom. The second kappa shape index (κ2) is 8.93. The fraction of sp³-hybridized carbons (Fsp3) is 0.300. The molecule has 0 atom stereocenters. The van der Waals surface area contributed by atoms with E-state index >= 15 is 0 Å². The first kappa shape index (κ1) is 19.9. The monoisotopic (exact) mass is 497 g/mol. The van der Waals surface area contributed by atoms with E-state index in [1.807, 2.05) is 30.0 Å². The Balaban J connectivity index is 1.64. The number of anilines is 1. The lowest BCUT2D eigenvalue weighted by atomic mass is 10.1. The van der Waals surface area contributed by atoms with Crippen LogP contribution in [-0.4, -0.2) is 47.9 Å². The van der Waals surface area contributed by atoms with Crippen molar-refractivity contribution in [3.8, 4) is 0 Å². The molecule has 2 aromatic carbocycles. The van der Waals surface area contributed by atoms with E-state index in [-0.39, 0.29) is 11.9 Å². The number of halogens is 2. The lowest BCUT2D eigenvalue weighted by molar-refractivity contribution is 0.0761. The van der Waals surface area contributed by atoms with Gasteiger partial charge in [-0.05, 0) is 65.8 Å². The van der Waals surface area contributed by atoms with E-state index in [1.54, 1.807) is 29.2 Å². The summed E-state index contributed by atoms with van der Waals surface area (Å²) in [7, 11) is 0. The van der Waals surface area contributed by atoms with E-state index in [1.165, 1.54) is 0 Å². The first-order chi connectivity index (χ1) is 13.0. The molecular formula is C20H21ClIN3O2. The SMILES string of the molecule is Cc1cccc(C(=O)N2CCCN(C(=O)Nc3cccc(Cl)c3)CC2)c1I. The molecule has 3 amide bonds. The fourth-order valence-corrected chi connectivity index (χ4v) is 3.86. The summed E-state index contributed by atoms with van der Waals surface area (Å²) < 4.78 is 0.986. The van der Waals surface area contributed by atoms with Crippen LogP contribution < -0.4 is 5.32 Å². The molecule has 1 fully saturated rings. The molecule has 1 N–H and O–H groups in total. The Hall–Kier alpha value is -1.80. The first-order valence-electron chi connectivity index (χ1n) is 8.81. The Kier molecular flexibility index (Phi) is 6.59. The highest BCUT2D eigenvalue weighted by Gasteiger charge is 2.24. The zero-order valence-electron chi connectivity index (χ0n) is 15.0. The van der Waals surface area contributed by atoms with Gasteiger partial charge in [-0.25, -0.2) is 4.79 Å². The number of nitrogens with zero attached hydrogens (tertiary/aromatic N) is 2. The maximum Gasteiger partial charge on any atom is 0.321 e. The van der Waals surface area contributed by atoms with Crippen molar-refractivity contribution in [3.63, 3.8) is 0 Å². The predicted octanol–water partition coefficient (Wildman–Crippen LogP) is 4.63. The van der Waals surface area contributed by atoms with Crippen molar-refractivity contribution < 1.29 is 9.59 Å². The van der Waals surface area contributed by atoms with Gasteiger partial charge in [0.15, 0.2) is 0 Å². The van der Waals surface area contributed by atoms with Crippen LogP contribution in [0.2, 0.25) is 5.02 Å². The zero-order chi connectivity index (χ0) is 19.4. The van der Waals surface area contributed by atoms with Gasteiger partial charge in [-0.2, -0.15) is 0 Å². The second-order valence-corrected chi connectivity index (χ2v) is 8.02. The number of hydrogen-bond donors (Lipinski definition) is 1. The van der Waals surface area contributed by atoms with Crippen molar-refractivity contribution in [1.29, 1.82) is 0 Å². The second-order valence-electron chi connectivity index (χ2n) is 6.51. The summed E-state index contributed by atoms with van der Waals surface area (Å²) in [5, 5.41) is 3.45. The summed E-state index contributed by atoms with van der Waals surface area (Å²) in [6.45, 7) is 4.28. The maximum absolute atomic E-state index is 12.9. The smallest absolute Gasteiger partial charge is 0.321 e. The van der Waals surface area contributed by atoms with Crippen LogP contribution in [0, 0.1) is 10.5 Å². The lowest BCUT2D eigenvalue weighted by Gasteiger charge is -2.23. The average Bonchev–Trinajstić information content (AvgIpc) is 2.90.